The lowest BCUT2D eigenvalue weighted by Gasteiger charge is -2.36. The van der Waals surface area contributed by atoms with Crippen molar-refractivity contribution < 1.29 is 0 Å². The van der Waals surface area contributed by atoms with Crippen LogP contribution < -0.4 is 0 Å². The zero-order valence-corrected chi connectivity index (χ0v) is 22.6. The van der Waals surface area contributed by atoms with E-state index in [1.165, 1.54) is 11.1 Å². The summed E-state index contributed by atoms with van der Waals surface area (Å²) in [5.41, 5.74) is 11.5. The first-order valence-corrected chi connectivity index (χ1v) is 13.7. The smallest absolute Gasteiger partial charge is 0.141 e. The van der Waals surface area contributed by atoms with Gasteiger partial charge in [-0.3, -0.25) is 4.57 Å². The molecule has 0 saturated carbocycles. The maximum atomic E-state index is 5.12. The molecule has 3 aromatic carbocycles. The fourth-order valence-corrected chi connectivity index (χ4v) is 5.92. The summed E-state index contributed by atoms with van der Waals surface area (Å²) in [5, 5.41) is 0. The predicted molar refractivity (Wildman–Crippen MR) is 163 cm³/mol. The van der Waals surface area contributed by atoms with Crippen LogP contribution in [-0.4, -0.2) is 14.5 Å². The second-order valence-electron chi connectivity index (χ2n) is 11.5. The number of fused-ring (bicyclic) bond motifs is 5. The third-order valence-electron chi connectivity index (χ3n) is 7.91. The van der Waals surface area contributed by atoms with E-state index in [0.29, 0.717) is 5.92 Å². The molecule has 0 bridgehead atoms. The van der Waals surface area contributed by atoms with Crippen molar-refractivity contribution >= 4 is 22.8 Å². The minimum Gasteiger partial charge on any atom is -0.299 e. The van der Waals surface area contributed by atoms with Crippen molar-refractivity contribution in [2.24, 2.45) is 11.3 Å². The molecule has 0 amide bonds. The Balaban J connectivity index is 1.43. The Morgan fingerprint density at radius 3 is 2.03 bits per heavy atom. The minimum absolute atomic E-state index is 0.0705. The van der Waals surface area contributed by atoms with Crippen molar-refractivity contribution in [3.05, 3.63) is 121 Å². The van der Waals surface area contributed by atoms with E-state index >= 15 is 0 Å². The molecule has 0 spiro atoms. The summed E-state index contributed by atoms with van der Waals surface area (Å²) in [7, 11) is 0. The summed E-state index contributed by atoms with van der Waals surface area (Å²) >= 11 is 0. The molecule has 0 radical (unpaired) electrons. The van der Waals surface area contributed by atoms with Crippen LogP contribution in [0.25, 0.3) is 56.4 Å². The number of imidazole rings is 1. The van der Waals surface area contributed by atoms with Crippen LogP contribution in [0.5, 0.6) is 0 Å². The summed E-state index contributed by atoms with van der Waals surface area (Å²) in [5.74, 6) is 1.45. The van der Waals surface area contributed by atoms with E-state index in [-0.39, 0.29) is 5.41 Å². The molecule has 5 aromatic rings. The van der Waals surface area contributed by atoms with Gasteiger partial charge in [-0.05, 0) is 52.8 Å². The lowest BCUT2D eigenvalue weighted by molar-refractivity contribution is 0.454. The number of allylic oxidation sites excluding steroid dienone is 5. The van der Waals surface area contributed by atoms with Gasteiger partial charge in [0.05, 0.1) is 22.4 Å². The van der Waals surface area contributed by atoms with Gasteiger partial charge in [0.25, 0.3) is 0 Å². The molecule has 0 fully saturated rings. The van der Waals surface area contributed by atoms with Crippen LogP contribution in [0, 0.1) is 11.3 Å². The summed E-state index contributed by atoms with van der Waals surface area (Å²) in [6.07, 6.45) is 10.1. The van der Waals surface area contributed by atoms with Crippen LogP contribution >= 0.6 is 0 Å². The summed E-state index contributed by atoms with van der Waals surface area (Å²) < 4.78 is 2.32. The Hall–Kier alpha value is -4.50. The van der Waals surface area contributed by atoms with Crippen LogP contribution in [0.1, 0.15) is 33.0 Å². The van der Waals surface area contributed by atoms with Crippen molar-refractivity contribution in [2.45, 2.75) is 27.2 Å². The van der Waals surface area contributed by atoms with E-state index in [9.17, 15) is 0 Å². The van der Waals surface area contributed by atoms with E-state index in [1.54, 1.807) is 0 Å². The number of nitrogens with zero attached hydrogens (tertiary/aromatic N) is 3. The van der Waals surface area contributed by atoms with Gasteiger partial charge >= 0.3 is 0 Å². The molecule has 0 saturated heterocycles. The van der Waals surface area contributed by atoms with Gasteiger partial charge < -0.3 is 0 Å². The van der Waals surface area contributed by atoms with Crippen LogP contribution in [0.4, 0.5) is 0 Å². The molecule has 2 aliphatic rings. The highest BCUT2D eigenvalue weighted by atomic mass is 15.1. The van der Waals surface area contributed by atoms with Gasteiger partial charge in [-0.25, -0.2) is 9.97 Å². The Bertz CT molecular complexity index is 1740. The van der Waals surface area contributed by atoms with Crippen LogP contribution in [0.15, 0.2) is 115 Å². The van der Waals surface area contributed by atoms with Gasteiger partial charge in [0.1, 0.15) is 5.82 Å². The predicted octanol–water partition coefficient (Wildman–Crippen LogP) is 9.29. The number of aromatic nitrogens is 3. The lowest BCUT2D eigenvalue weighted by Crippen LogP contribution is -2.25. The Labute approximate surface area is 229 Å². The van der Waals surface area contributed by atoms with Gasteiger partial charge in [-0.1, -0.05) is 106 Å². The van der Waals surface area contributed by atoms with Crippen LogP contribution in [-0.2, 0) is 0 Å². The topological polar surface area (TPSA) is 30.7 Å². The molecular weight excluding hydrogens is 474 g/mol. The van der Waals surface area contributed by atoms with Crippen molar-refractivity contribution in [2.75, 3.05) is 0 Å². The SMILES string of the molecule is CC(C)(C)C1=Cn2c(nc3ccc(-c4cc(-c5ccccc5)nc(-c5ccccc5)c4)cc32)C2=CC=CCC21. The molecule has 2 aromatic heterocycles. The summed E-state index contributed by atoms with van der Waals surface area (Å²) in [6.45, 7) is 6.95. The molecule has 1 aliphatic carbocycles. The quantitative estimate of drug-likeness (QED) is 0.245. The summed E-state index contributed by atoms with van der Waals surface area (Å²) in [6, 6.07) is 31.9. The number of rotatable bonds is 3. The number of hydrogen-bond donors (Lipinski definition) is 0. The van der Waals surface area contributed by atoms with Gasteiger partial charge in [0, 0.05) is 28.8 Å². The number of hydrogen-bond acceptors (Lipinski definition) is 2. The van der Waals surface area contributed by atoms with Gasteiger partial charge in [0.15, 0.2) is 0 Å². The second-order valence-corrected chi connectivity index (χ2v) is 11.5. The highest BCUT2D eigenvalue weighted by molar-refractivity contribution is 5.90. The highest BCUT2D eigenvalue weighted by Crippen LogP contribution is 2.46. The maximum absolute atomic E-state index is 5.12. The first kappa shape index (κ1) is 23.6. The van der Waals surface area contributed by atoms with Gasteiger partial charge in [-0.2, -0.15) is 0 Å². The molecule has 3 nitrogen and oxygen atoms in total. The van der Waals surface area contributed by atoms with E-state index in [2.05, 4.69) is 129 Å². The molecule has 1 unspecified atom stereocenters. The van der Waals surface area contributed by atoms with Crippen molar-refractivity contribution in [3.8, 4) is 33.6 Å². The van der Waals surface area contributed by atoms with E-state index in [0.717, 1.165) is 56.9 Å². The fourth-order valence-electron chi connectivity index (χ4n) is 5.92. The number of benzene rings is 3. The molecule has 190 valence electrons. The first-order valence-electron chi connectivity index (χ1n) is 13.7. The first-order chi connectivity index (χ1) is 19.0. The molecule has 3 heterocycles. The maximum Gasteiger partial charge on any atom is 0.141 e. The van der Waals surface area contributed by atoms with Gasteiger partial charge in [0.2, 0.25) is 0 Å². The Morgan fingerprint density at radius 2 is 1.38 bits per heavy atom. The molecule has 1 aliphatic heterocycles. The average Bonchev–Trinajstić information content (AvgIpc) is 3.35. The lowest BCUT2D eigenvalue weighted by atomic mass is 9.72. The average molecular weight is 506 g/mol. The normalized spacial score (nSPS) is 16.4. The highest BCUT2D eigenvalue weighted by Gasteiger charge is 2.34. The summed E-state index contributed by atoms with van der Waals surface area (Å²) in [4.78, 5) is 10.2. The van der Waals surface area contributed by atoms with E-state index < -0.39 is 0 Å². The Kier molecular flexibility index (Phi) is 5.48. The monoisotopic (exact) mass is 505 g/mol. The molecule has 39 heavy (non-hydrogen) atoms. The van der Waals surface area contributed by atoms with Crippen LogP contribution in [0.2, 0.25) is 0 Å². The Morgan fingerprint density at radius 1 is 0.718 bits per heavy atom. The molecule has 3 heteroatoms. The zero-order chi connectivity index (χ0) is 26.6. The second kappa shape index (κ2) is 9.06. The van der Waals surface area contributed by atoms with Crippen LogP contribution in [0.3, 0.4) is 0 Å². The van der Waals surface area contributed by atoms with E-state index in [4.69, 9.17) is 9.97 Å². The molecular formula is C36H31N3. The largest absolute Gasteiger partial charge is 0.299 e. The fraction of sp³-hybridized carbons (Fsp3) is 0.167. The molecule has 1 atom stereocenters. The third kappa shape index (κ3) is 4.15. The standard InChI is InChI=1S/C36H31N3/c1-36(2,3)30-23-39-34-22-26(18-19-31(34)38-35(39)29-17-11-10-16-28(29)30)27-20-32(24-12-6-4-7-13-24)37-33(21-27)25-14-8-5-9-15-25/h4-15,17-23,28H,16H2,1-3H3. The van der Waals surface area contributed by atoms with Crippen molar-refractivity contribution in [1.82, 2.24) is 14.5 Å². The van der Waals surface area contributed by atoms with Crippen molar-refractivity contribution in [3.63, 3.8) is 0 Å². The van der Waals surface area contributed by atoms with Gasteiger partial charge in [-0.15, -0.1) is 0 Å². The molecule has 0 N–H and O–H groups in total. The van der Waals surface area contributed by atoms with Crippen molar-refractivity contribution in [1.29, 1.82) is 0 Å². The minimum atomic E-state index is 0.0705. The zero-order valence-electron chi connectivity index (χ0n) is 22.6. The third-order valence-corrected chi connectivity index (χ3v) is 7.91. The van der Waals surface area contributed by atoms with E-state index in [1.807, 2.05) is 12.1 Å². The number of pyridine rings is 1. The molecule has 7 rings (SSSR count).